The Balaban J connectivity index is 1.54. The summed E-state index contributed by atoms with van der Waals surface area (Å²) in [4.78, 5) is 31.6. The fraction of sp³-hybridized carbons (Fsp3) is 0.185. The molecule has 0 N–H and O–H groups in total. The summed E-state index contributed by atoms with van der Waals surface area (Å²) in [7, 11) is 0. The highest BCUT2D eigenvalue weighted by atomic mass is 32.2. The molecule has 2 heterocycles. The largest absolute Gasteiger partial charge is 0.339 e. The van der Waals surface area contributed by atoms with Crippen molar-refractivity contribution in [2.45, 2.75) is 24.3 Å². The maximum Gasteiger partial charge on any atom is 0.265 e. The highest BCUT2D eigenvalue weighted by Gasteiger charge is 2.31. The molecule has 2 aliphatic rings. The van der Waals surface area contributed by atoms with Crippen LogP contribution >= 0.6 is 11.8 Å². The van der Waals surface area contributed by atoms with Gasteiger partial charge in [-0.3, -0.25) is 9.59 Å². The number of fused-ring (bicyclic) bond motifs is 1. The van der Waals surface area contributed by atoms with E-state index in [0.717, 1.165) is 42.0 Å². The molecular weight excluding hydrogens is 435 g/mol. The van der Waals surface area contributed by atoms with Crippen LogP contribution in [0, 0.1) is 5.82 Å². The lowest BCUT2D eigenvalue weighted by Gasteiger charge is -2.31. The highest BCUT2D eigenvalue weighted by molar-refractivity contribution is 8.04. The molecule has 0 saturated carbocycles. The van der Waals surface area contributed by atoms with Crippen LogP contribution in [0.25, 0.3) is 6.08 Å². The average molecular weight is 459 g/mol. The number of halogens is 1. The smallest absolute Gasteiger partial charge is 0.265 e. The Kier molecular flexibility index (Phi) is 6.01. The van der Waals surface area contributed by atoms with E-state index in [1.165, 1.54) is 23.9 Å². The van der Waals surface area contributed by atoms with Crippen molar-refractivity contribution in [2.24, 2.45) is 0 Å². The minimum atomic E-state index is -0.317. The first-order valence-corrected chi connectivity index (χ1v) is 11.8. The third-order valence-corrected chi connectivity index (χ3v) is 6.99. The number of anilines is 1. The predicted molar refractivity (Wildman–Crippen MR) is 129 cm³/mol. The van der Waals surface area contributed by atoms with Gasteiger partial charge in [-0.25, -0.2) is 4.39 Å². The maximum atomic E-state index is 13.6. The van der Waals surface area contributed by atoms with Gasteiger partial charge in [0.15, 0.2) is 0 Å². The Hall–Kier alpha value is -3.38. The van der Waals surface area contributed by atoms with Crippen molar-refractivity contribution in [1.82, 2.24) is 4.90 Å². The van der Waals surface area contributed by atoms with Gasteiger partial charge < -0.3 is 9.80 Å². The van der Waals surface area contributed by atoms with E-state index in [2.05, 4.69) is 0 Å². The number of carbonyl (C=O) groups excluding carboxylic acids is 2. The van der Waals surface area contributed by atoms with Crippen LogP contribution in [0.1, 0.15) is 34.3 Å². The predicted octanol–water partition coefficient (Wildman–Crippen LogP) is 5.74. The summed E-state index contributed by atoms with van der Waals surface area (Å²) >= 11 is 1.41. The van der Waals surface area contributed by atoms with Crippen LogP contribution < -0.4 is 4.90 Å². The van der Waals surface area contributed by atoms with Crippen LogP contribution in [0.3, 0.4) is 0 Å². The Bertz CT molecular complexity index is 1220. The molecule has 6 heteroatoms. The van der Waals surface area contributed by atoms with Gasteiger partial charge in [0, 0.05) is 23.5 Å². The van der Waals surface area contributed by atoms with Crippen molar-refractivity contribution in [3.8, 4) is 0 Å². The van der Waals surface area contributed by atoms with Crippen molar-refractivity contribution in [3.63, 3.8) is 0 Å². The minimum absolute atomic E-state index is 0.0000979. The molecular formula is C27H23FN2O2S. The van der Waals surface area contributed by atoms with Gasteiger partial charge in [-0.1, -0.05) is 54.2 Å². The first-order chi connectivity index (χ1) is 16.1. The van der Waals surface area contributed by atoms with Gasteiger partial charge in [-0.2, -0.15) is 0 Å². The molecule has 4 nitrogen and oxygen atoms in total. The molecule has 0 radical (unpaired) electrons. The van der Waals surface area contributed by atoms with Crippen LogP contribution in [0.15, 0.2) is 82.6 Å². The van der Waals surface area contributed by atoms with Gasteiger partial charge in [0.25, 0.3) is 11.8 Å². The topological polar surface area (TPSA) is 40.6 Å². The lowest BCUT2D eigenvalue weighted by Crippen LogP contribution is -2.34. The minimum Gasteiger partial charge on any atom is -0.339 e. The summed E-state index contributed by atoms with van der Waals surface area (Å²) in [6, 6.07) is 21.5. The molecule has 0 aromatic heterocycles. The summed E-state index contributed by atoms with van der Waals surface area (Å²) in [6.07, 6.45) is 3.93. The van der Waals surface area contributed by atoms with Crippen molar-refractivity contribution in [2.75, 3.05) is 18.0 Å². The Morgan fingerprint density at radius 1 is 0.970 bits per heavy atom. The van der Waals surface area contributed by atoms with Crippen LogP contribution in [-0.4, -0.2) is 29.8 Å². The molecule has 0 aliphatic carbocycles. The monoisotopic (exact) mass is 458 g/mol. The number of thioether (sulfide) groups is 1. The van der Waals surface area contributed by atoms with Crippen LogP contribution in [-0.2, 0) is 11.3 Å². The number of hydrogen-bond donors (Lipinski definition) is 0. The summed E-state index contributed by atoms with van der Waals surface area (Å²) in [6.45, 7) is 1.83. The van der Waals surface area contributed by atoms with Gasteiger partial charge in [-0.05, 0) is 60.4 Å². The molecule has 3 aromatic rings. The Morgan fingerprint density at radius 3 is 2.42 bits per heavy atom. The first kappa shape index (κ1) is 21.5. The number of rotatable bonds is 4. The van der Waals surface area contributed by atoms with E-state index in [-0.39, 0.29) is 17.6 Å². The quantitative estimate of drug-likeness (QED) is 0.468. The summed E-state index contributed by atoms with van der Waals surface area (Å²) in [5, 5.41) is 0. The van der Waals surface area contributed by atoms with Gasteiger partial charge >= 0.3 is 0 Å². The fourth-order valence-electron chi connectivity index (χ4n) is 4.18. The Labute approximate surface area is 196 Å². The molecule has 1 fully saturated rings. The molecule has 5 rings (SSSR count). The van der Waals surface area contributed by atoms with Gasteiger partial charge in [0.2, 0.25) is 0 Å². The van der Waals surface area contributed by atoms with Crippen LogP contribution in [0.5, 0.6) is 0 Å². The summed E-state index contributed by atoms with van der Waals surface area (Å²) in [5.74, 6) is -0.450. The molecule has 0 atom stereocenters. The third kappa shape index (κ3) is 4.57. The van der Waals surface area contributed by atoms with Crippen molar-refractivity contribution in [3.05, 3.63) is 100 Å². The Morgan fingerprint density at radius 2 is 1.70 bits per heavy atom. The zero-order valence-electron chi connectivity index (χ0n) is 18.0. The average Bonchev–Trinajstić information content (AvgIpc) is 3.38. The lowest BCUT2D eigenvalue weighted by atomic mass is 10.1. The van der Waals surface area contributed by atoms with Crippen molar-refractivity contribution in [1.29, 1.82) is 0 Å². The normalized spacial score (nSPS) is 16.9. The second-order valence-corrected chi connectivity index (χ2v) is 9.30. The molecule has 166 valence electrons. The number of nitrogens with zero attached hydrogens (tertiary/aromatic N) is 2. The standard InChI is InChI=1S/C27H23FN2O2S/c28-22-11-8-20(9-12-22)18-30-23-17-21(26(31)29-14-4-5-15-29)10-13-24(23)33-25(27(30)32)16-19-6-2-1-3-7-19/h1-3,6-13,16-17H,4-5,14-15,18H2. The fourth-order valence-corrected chi connectivity index (χ4v) is 5.22. The van der Waals surface area contributed by atoms with Crippen LogP contribution in [0.2, 0.25) is 0 Å². The first-order valence-electron chi connectivity index (χ1n) is 11.0. The third-order valence-electron chi connectivity index (χ3n) is 5.92. The molecule has 0 spiro atoms. The van der Waals surface area contributed by atoms with E-state index in [1.807, 2.05) is 59.5 Å². The van der Waals surface area contributed by atoms with Gasteiger partial charge in [-0.15, -0.1) is 0 Å². The number of benzene rings is 3. The molecule has 0 unspecified atom stereocenters. The summed E-state index contributed by atoms with van der Waals surface area (Å²) in [5.41, 5.74) is 3.06. The zero-order chi connectivity index (χ0) is 22.8. The highest BCUT2D eigenvalue weighted by Crippen LogP contribution is 2.43. The van der Waals surface area contributed by atoms with E-state index in [9.17, 15) is 14.0 Å². The van der Waals surface area contributed by atoms with E-state index in [1.54, 1.807) is 17.0 Å². The van der Waals surface area contributed by atoms with Crippen LogP contribution in [0.4, 0.5) is 10.1 Å². The van der Waals surface area contributed by atoms with E-state index in [4.69, 9.17) is 0 Å². The number of hydrogen-bond acceptors (Lipinski definition) is 3. The SMILES string of the molecule is O=C(c1ccc2c(c1)N(Cc1ccc(F)cc1)C(=O)C(=Cc1ccccc1)S2)N1CCCC1. The molecule has 33 heavy (non-hydrogen) atoms. The maximum absolute atomic E-state index is 13.6. The second kappa shape index (κ2) is 9.24. The van der Waals surface area contributed by atoms with E-state index >= 15 is 0 Å². The molecule has 2 aliphatic heterocycles. The van der Waals surface area contributed by atoms with E-state index in [0.29, 0.717) is 22.7 Å². The molecule has 2 amide bonds. The molecule has 0 bridgehead atoms. The second-order valence-electron chi connectivity index (χ2n) is 8.22. The number of amides is 2. The van der Waals surface area contributed by atoms with Crippen molar-refractivity contribution < 1.29 is 14.0 Å². The van der Waals surface area contributed by atoms with Gasteiger partial charge in [0.05, 0.1) is 17.1 Å². The van der Waals surface area contributed by atoms with Gasteiger partial charge in [0.1, 0.15) is 5.82 Å². The summed E-state index contributed by atoms with van der Waals surface area (Å²) < 4.78 is 13.4. The number of carbonyl (C=O) groups is 2. The van der Waals surface area contributed by atoms with E-state index < -0.39 is 0 Å². The lowest BCUT2D eigenvalue weighted by molar-refractivity contribution is -0.114. The molecule has 3 aromatic carbocycles. The molecule has 1 saturated heterocycles. The zero-order valence-corrected chi connectivity index (χ0v) is 18.9. The van der Waals surface area contributed by atoms with Crippen molar-refractivity contribution >= 4 is 35.3 Å². The number of likely N-dealkylation sites (tertiary alicyclic amines) is 1.